The quantitative estimate of drug-likeness (QED) is 0.0587. The third kappa shape index (κ3) is 15.4. The van der Waals surface area contributed by atoms with Crippen LogP contribution in [-0.2, 0) is 6.42 Å². The van der Waals surface area contributed by atoms with Crippen LogP contribution in [0.4, 0.5) is 0 Å². The van der Waals surface area contributed by atoms with Gasteiger partial charge in [-0.15, -0.1) is 0 Å². The number of ether oxygens (including phenoxy) is 1. The fourth-order valence-electron chi connectivity index (χ4n) is 5.60. The van der Waals surface area contributed by atoms with Gasteiger partial charge in [0.25, 0.3) is 0 Å². The van der Waals surface area contributed by atoms with Crippen molar-refractivity contribution >= 4 is 17.4 Å². The zero-order chi connectivity index (χ0) is 31.1. The molecule has 0 bridgehead atoms. The van der Waals surface area contributed by atoms with E-state index in [2.05, 4.69) is 43.0 Å². The van der Waals surface area contributed by atoms with Gasteiger partial charge in [0.05, 0.1) is 6.61 Å². The van der Waals surface area contributed by atoms with Crippen molar-refractivity contribution in [1.29, 1.82) is 0 Å². The third-order valence-electron chi connectivity index (χ3n) is 8.44. The molecule has 3 aromatic carbocycles. The maximum atomic E-state index is 12.2. The number of carbonyl (C=O) groups is 1. The maximum Gasteiger partial charge on any atom is 0.185 e. The van der Waals surface area contributed by atoms with Crippen LogP contribution in [0.2, 0.25) is 0 Å². The van der Waals surface area contributed by atoms with Crippen molar-refractivity contribution in [3.05, 3.63) is 114 Å². The summed E-state index contributed by atoms with van der Waals surface area (Å²) in [5, 5.41) is 0. The fourth-order valence-corrected chi connectivity index (χ4v) is 5.60. The molecule has 3 rings (SSSR count). The summed E-state index contributed by atoms with van der Waals surface area (Å²) in [6, 6.07) is 26.3. The Morgan fingerprint density at radius 2 is 1.09 bits per heavy atom. The number of rotatable bonds is 24. The summed E-state index contributed by atoms with van der Waals surface area (Å²) >= 11 is 0. The van der Waals surface area contributed by atoms with Crippen molar-refractivity contribution in [2.45, 2.75) is 116 Å². The van der Waals surface area contributed by atoms with Gasteiger partial charge >= 0.3 is 0 Å². The number of carbonyl (C=O) groups excluding carboxylic acids is 1. The lowest BCUT2D eigenvalue weighted by Gasteiger charge is -2.07. The Bertz CT molecular complexity index is 1200. The molecule has 0 radical (unpaired) electrons. The van der Waals surface area contributed by atoms with Crippen LogP contribution < -0.4 is 4.74 Å². The van der Waals surface area contributed by atoms with Crippen molar-refractivity contribution in [2.24, 2.45) is 0 Å². The van der Waals surface area contributed by atoms with Crippen LogP contribution in [0.1, 0.15) is 137 Å². The van der Waals surface area contributed by atoms with E-state index >= 15 is 0 Å². The second-order valence-electron chi connectivity index (χ2n) is 12.4. The first-order chi connectivity index (χ1) is 21.6. The van der Waals surface area contributed by atoms with Gasteiger partial charge < -0.3 is 4.74 Å². The molecule has 3 aromatic rings. The molecule has 44 heavy (non-hydrogen) atoms. The minimum absolute atomic E-state index is 0.0484. The Hall–Kier alpha value is -3.39. The second kappa shape index (κ2) is 22.2. The number of unbranched alkanes of at least 4 members (excludes halogenated alkanes) is 15. The van der Waals surface area contributed by atoms with Crippen molar-refractivity contribution < 1.29 is 9.53 Å². The van der Waals surface area contributed by atoms with Crippen LogP contribution in [-0.4, -0.2) is 12.4 Å². The number of benzene rings is 3. The maximum absolute atomic E-state index is 12.2. The molecule has 0 aliphatic carbocycles. The van der Waals surface area contributed by atoms with Crippen LogP contribution in [0.5, 0.6) is 5.75 Å². The highest BCUT2D eigenvalue weighted by atomic mass is 16.5. The molecule has 0 aromatic heterocycles. The molecular formula is C42H56O2. The van der Waals surface area contributed by atoms with E-state index in [1.807, 2.05) is 55.5 Å². The molecule has 0 saturated carbocycles. The first kappa shape index (κ1) is 35.1. The highest BCUT2D eigenvalue weighted by Gasteiger charge is 2.01. The molecule has 0 saturated heterocycles. The van der Waals surface area contributed by atoms with Crippen LogP contribution in [0, 0.1) is 0 Å². The summed E-state index contributed by atoms with van der Waals surface area (Å²) < 4.78 is 5.87. The largest absolute Gasteiger partial charge is 0.494 e. The lowest BCUT2D eigenvalue weighted by atomic mass is 10.0. The molecule has 2 heteroatoms. The Labute approximate surface area is 268 Å². The van der Waals surface area contributed by atoms with E-state index in [1.54, 1.807) is 6.08 Å². The number of hydrogen-bond acceptors (Lipinski definition) is 2. The summed E-state index contributed by atoms with van der Waals surface area (Å²) in [7, 11) is 0. The van der Waals surface area contributed by atoms with Gasteiger partial charge in [-0.05, 0) is 61.1 Å². The number of hydrogen-bond donors (Lipinski definition) is 0. The van der Waals surface area contributed by atoms with E-state index in [-0.39, 0.29) is 5.78 Å². The topological polar surface area (TPSA) is 26.3 Å². The summed E-state index contributed by atoms with van der Waals surface area (Å²) in [5.74, 6) is 1.02. The molecule has 0 fully saturated rings. The van der Waals surface area contributed by atoms with E-state index in [9.17, 15) is 4.79 Å². The molecule has 0 aliphatic heterocycles. The predicted octanol–water partition coefficient (Wildman–Crippen LogP) is 12.5. The minimum Gasteiger partial charge on any atom is -0.494 e. The molecule has 0 heterocycles. The van der Waals surface area contributed by atoms with Gasteiger partial charge in [-0.1, -0.05) is 175 Å². The zero-order valence-electron chi connectivity index (χ0n) is 27.4. The summed E-state index contributed by atoms with van der Waals surface area (Å²) in [5.41, 5.74) is 5.47. The first-order valence-electron chi connectivity index (χ1n) is 17.4. The Balaban J connectivity index is 1.05. The highest BCUT2D eigenvalue weighted by Crippen LogP contribution is 2.18. The summed E-state index contributed by atoms with van der Waals surface area (Å²) in [4.78, 5) is 12.2. The Morgan fingerprint density at radius 3 is 1.61 bits per heavy atom. The second-order valence-corrected chi connectivity index (χ2v) is 12.4. The molecule has 2 nitrogen and oxygen atoms in total. The zero-order valence-corrected chi connectivity index (χ0v) is 27.4. The standard InChI is InChI=1S/C42H56O2/c1-36(2)39-30-32-41(33-31-39)44-35-21-16-14-12-10-8-6-4-3-5-7-9-11-13-15-18-22-37-25-27-38(28-26-37)29-34-42(43)40-23-19-17-20-24-40/h17,19-20,23-34H,1,3-16,18,21-22,35H2,2H3/b34-29+. The van der Waals surface area contributed by atoms with Gasteiger partial charge in [-0.2, -0.15) is 0 Å². The van der Waals surface area contributed by atoms with Crippen LogP contribution in [0.25, 0.3) is 11.6 Å². The normalized spacial score (nSPS) is 11.2. The summed E-state index contributed by atoms with van der Waals surface area (Å²) in [6.07, 6.45) is 26.4. The van der Waals surface area contributed by atoms with Crippen molar-refractivity contribution in [3.63, 3.8) is 0 Å². The van der Waals surface area contributed by atoms with E-state index in [0.717, 1.165) is 41.9 Å². The lowest BCUT2D eigenvalue weighted by Crippen LogP contribution is -1.97. The van der Waals surface area contributed by atoms with Gasteiger partial charge in [0.2, 0.25) is 0 Å². The molecule has 0 aliphatic rings. The average molecular weight is 593 g/mol. The van der Waals surface area contributed by atoms with E-state index in [4.69, 9.17) is 4.74 Å². The molecule has 0 N–H and O–H groups in total. The van der Waals surface area contributed by atoms with Gasteiger partial charge in [-0.3, -0.25) is 4.79 Å². The highest BCUT2D eigenvalue weighted by molar-refractivity contribution is 6.06. The molecule has 236 valence electrons. The van der Waals surface area contributed by atoms with E-state index in [1.165, 1.54) is 107 Å². The van der Waals surface area contributed by atoms with Crippen LogP contribution >= 0.6 is 0 Å². The van der Waals surface area contributed by atoms with Crippen molar-refractivity contribution in [1.82, 2.24) is 0 Å². The van der Waals surface area contributed by atoms with Crippen molar-refractivity contribution in [2.75, 3.05) is 6.61 Å². The van der Waals surface area contributed by atoms with Gasteiger partial charge in [0.15, 0.2) is 5.78 Å². The molecule has 0 unspecified atom stereocenters. The average Bonchev–Trinajstić information content (AvgIpc) is 3.05. The molecular weight excluding hydrogens is 536 g/mol. The van der Waals surface area contributed by atoms with Crippen LogP contribution in [0.15, 0.2) is 91.5 Å². The molecule has 0 atom stereocenters. The van der Waals surface area contributed by atoms with E-state index in [0.29, 0.717) is 0 Å². The SMILES string of the molecule is C=C(C)c1ccc(OCCCCCCCCCCCCCCCCCCc2ccc(/C=C/C(=O)c3ccccc3)cc2)cc1. The lowest BCUT2D eigenvalue weighted by molar-refractivity contribution is 0.104. The van der Waals surface area contributed by atoms with Crippen LogP contribution in [0.3, 0.4) is 0 Å². The third-order valence-corrected chi connectivity index (χ3v) is 8.44. The Morgan fingerprint density at radius 1 is 0.591 bits per heavy atom. The van der Waals surface area contributed by atoms with Gasteiger partial charge in [0, 0.05) is 5.56 Å². The predicted molar refractivity (Wildman–Crippen MR) is 190 cm³/mol. The summed E-state index contributed by atoms with van der Waals surface area (Å²) in [6.45, 7) is 6.83. The van der Waals surface area contributed by atoms with Gasteiger partial charge in [0.1, 0.15) is 5.75 Å². The molecule has 0 amide bonds. The van der Waals surface area contributed by atoms with Crippen molar-refractivity contribution in [3.8, 4) is 5.75 Å². The number of aryl methyl sites for hydroxylation is 1. The number of ketones is 1. The van der Waals surface area contributed by atoms with E-state index < -0.39 is 0 Å². The fraction of sp³-hybridized carbons (Fsp3) is 0.452. The van der Waals surface area contributed by atoms with Gasteiger partial charge in [-0.25, -0.2) is 0 Å². The number of allylic oxidation sites excluding steroid dienone is 2. The monoisotopic (exact) mass is 592 g/mol. The smallest absolute Gasteiger partial charge is 0.185 e. The Kier molecular flexibility index (Phi) is 17.7. The first-order valence-corrected chi connectivity index (χ1v) is 17.4. The minimum atomic E-state index is 0.0484. The molecule has 0 spiro atoms.